The topological polar surface area (TPSA) is 26.7 Å². The van der Waals surface area contributed by atoms with Gasteiger partial charge in [0, 0.05) is 31.7 Å². The number of hydrogen-bond donors (Lipinski definition) is 1. The number of fused-ring (bicyclic) bond motifs is 2. The lowest BCUT2D eigenvalue weighted by molar-refractivity contribution is 0.150. The molecule has 0 aromatic heterocycles. The molecule has 0 spiro atoms. The van der Waals surface area contributed by atoms with Crippen molar-refractivity contribution in [3.8, 4) is 5.75 Å². The summed E-state index contributed by atoms with van der Waals surface area (Å²) in [7, 11) is 2.23. The van der Waals surface area contributed by atoms with E-state index in [2.05, 4.69) is 16.8 Å². The molecule has 1 aromatic rings. The lowest BCUT2D eigenvalue weighted by atomic mass is 10.1. The molecule has 92 valence electrons. The van der Waals surface area contributed by atoms with Gasteiger partial charge in [-0.25, -0.2) is 0 Å². The van der Waals surface area contributed by atoms with E-state index in [9.17, 15) is 5.11 Å². The largest absolute Gasteiger partial charge is 0.508 e. The van der Waals surface area contributed by atoms with E-state index >= 15 is 0 Å². The van der Waals surface area contributed by atoms with E-state index < -0.39 is 0 Å². The Morgan fingerprint density at radius 1 is 1.24 bits per heavy atom. The number of hydrogen-bond acceptors (Lipinski definition) is 3. The van der Waals surface area contributed by atoms with Gasteiger partial charge in [-0.1, -0.05) is 18.2 Å². The van der Waals surface area contributed by atoms with E-state index in [1.54, 1.807) is 6.07 Å². The predicted octanol–water partition coefficient (Wildman–Crippen LogP) is 1.32. The summed E-state index contributed by atoms with van der Waals surface area (Å²) >= 11 is 0. The van der Waals surface area contributed by atoms with Crippen LogP contribution < -0.4 is 0 Å². The summed E-state index contributed by atoms with van der Waals surface area (Å²) in [6.45, 7) is 3.49. The highest BCUT2D eigenvalue weighted by atomic mass is 16.3. The van der Waals surface area contributed by atoms with Crippen LogP contribution in [-0.4, -0.2) is 53.7 Å². The van der Waals surface area contributed by atoms with Gasteiger partial charge in [-0.2, -0.15) is 0 Å². The number of piperazine rings is 1. The van der Waals surface area contributed by atoms with Gasteiger partial charge in [0.05, 0.1) is 0 Å². The van der Waals surface area contributed by atoms with Gasteiger partial charge in [-0.3, -0.25) is 4.90 Å². The van der Waals surface area contributed by atoms with Crippen molar-refractivity contribution in [1.82, 2.24) is 9.80 Å². The van der Waals surface area contributed by atoms with Crippen LogP contribution in [0.3, 0.4) is 0 Å². The molecule has 3 heteroatoms. The first-order valence-corrected chi connectivity index (χ1v) is 6.45. The SMILES string of the molecule is CN1CC2CC1CN2CCc1ccccc1O. The van der Waals surface area contributed by atoms with Crippen molar-refractivity contribution in [2.75, 3.05) is 26.7 Å². The highest BCUT2D eigenvalue weighted by Crippen LogP contribution is 2.29. The molecule has 2 atom stereocenters. The lowest BCUT2D eigenvalue weighted by Crippen LogP contribution is -2.45. The second-order valence-electron chi connectivity index (χ2n) is 5.36. The molecule has 0 radical (unpaired) electrons. The zero-order valence-electron chi connectivity index (χ0n) is 10.3. The molecule has 2 fully saturated rings. The molecule has 3 nitrogen and oxygen atoms in total. The van der Waals surface area contributed by atoms with E-state index in [0.717, 1.165) is 30.6 Å². The van der Waals surface area contributed by atoms with Crippen LogP contribution >= 0.6 is 0 Å². The van der Waals surface area contributed by atoms with E-state index in [-0.39, 0.29) is 0 Å². The van der Waals surface area contributed by atoms with Crippen molar-refractivity contribution < 1.29 is 5.11 Å². The van der Waals surface area contributed by atoms with Crippen LogP contribution in [0, 0.1) is 0 Å². The number of para-hydroxylation sites is 1. The quantitative estimate of drug-likeness (QED) is 0.851. The molecule has 0 saturated carbocycles. The molecule has 2 aliphatic heterocycles. The molecule has 0 aliphatic carbocycles. The molecule has 1 N–H and O–H groups in total. The summed E-state index contributed by atoms with van der Waals surface area (Å²) in [5.41, 5.74) is 1.07. The standard InChI is InChI=1S/C14H20N2O/c1-15-9-13-8-12(15)10-16(13)7-6-11-4-2-3-5-14(11)17/h2-5,12-13,17H,6-10H2,1H3. The van der Waals surface area contributed by atoms with Crippen LogP contribution in [0.2, 0.25) is 0 Å². The van der Waals surface area contributed by atoms with Crippen molar-refractivity contribution in [2.24, 2.45) is 0 Å². The molecule has 1 aromatic carbocycles. The number of nitrogens with zero attached hydrogens (tertiary/aromatic N) is 2. The Kier molecular flexibility index (Phi) is 2.81. The maximum absolute atomic E-state index is 9.73. The van der Waals surface area contributed by atoms with Gasteiger partial charge in [-0.15, -0.1) is 0 Å². The van der Waals surface area contributed by atoms with E-state index in [4.69, 9.17) is 0 Å². The summed E-state index contributed by atoms with van der Waals surface area (Å²) in [5.74, 6) is 0.439. The molecule has 2 bridgehead atoms. The Labute approximate surface area is 103 Å². The predicted molar refractivity (Wildman–Crippen MR) is 68.2 cm³/mol. The van der Waals surface area contributed by atoms with Crippen LogP contribution in [0.1, 0.15) is 12.0 Å². The van der Waals surface area contributed by atoms with Gasteiger partial charge in [0.15, 0.2) is 0 Å². The minimum atomic E-state index is 0.439. The van der Waals surface area contributed by atoms with Gasteiger partial charge in [0.2, 0.25) is 0 Å². The van der Waals surface area contributed by atoms with Crippen molar-refractivity contribution in [3.05, 3.63) is 29.8 Å². The second kappa shape index (κ2) is 4.31. The fourth-order valence-electron chi connectivity index (χ4n) is 3.21. The summed E-state index contributed by atoms with van der Waals surface area (Å²) < 4.78 is 0. The molecule has 2 saturated heterocycles. The zero-order valence-corrected chi connectivity index (χ0v) is 10.3. The second-order valence-corrected chi connectivity index (χ2v) is 5.36. The van der Waals surface area contributed by atoms with Gasteiger partial charge in [-0.05, 0) is 31.5 Å². The van der Waals surface area contributed by atoms with E-state index in [1.807, 2.05) is 18.2 Å². The van der Waals surface area contributed by atoms with E-state index in [1.165, 1.54) is 19.5 Å². The smallest absolute Gasteiger partial charge is 0.118 e. The maximum atomic E-state index is 9.73. The summed E-state index contributed by atoms with van der Waals surface area (Å²) in [6.07, 6.45) is 2.29. The Hall–Kier alpha value is -1.06. The van der Waals surface area contributed by atoms with Gasteiger partial charge in [0.25, 0.3) is 0 Å². The summed E-state index contributed by atoms with van der Waals surface area (Å²) in [4.78, 5) is 5.05. The van der Waals surface area contributed by atoms with Gasteiger partial charge in [0.1, 0.15) is 5.75 Å². The Balaban J connectivity index is 1.58. The molecular weight excluding hydrogens is 212 g/mol. The fraction of sp³-hybridized carbons (Fsp3) is 0.571. The average molecular weight is 232 g/mol. The third-order valence-corrected chi connectivity index (χ3v) is 4.29. The van der Waals surface area contributed by atoms with Crippen molar-refractivity contribution >= 4 is 0 Å². The Morgan fingerprint density at radius 2 is 2.06 bits per heavy atom. The van der Waals surface area contributed by atoms with Crippen LogP contribution in [0.15, 0.2) is 24.3 Å². The molecule has 2 heterocycles. The number of aromatic hydroxyl groups is 1. The number of rotatable bonds is 3. The van der Waals surface area contributed by atoms with Crippen LogP contribution in [0.5, 0.6) is 5.75 Å². The molecular formula is C14H20N2O. The molecule has 17 heavy (non-hydrogen) atoms. The molecule has 3 rings (SSSR count). The summed E-state index contributed by atoms with van der Waals surface area (Å²) in [5, 5.41) is 9.73. The van der Waals surface area contributed by atoms with E-state index in [0.29, 0.717) is 5.75 Å². The highest BCUT2D eigenvalue weighted by Gasteiger charge is 2.40. The van der Waals surface area contributed by atoms with Crippen molar-refractivity contribution in [2.45, 2.75) is 24.9 Å². The van der Waals surface area contributed by atoms with Crippen molar-refractivity contribution in [1.29, 1.82) is 0 Å². The normalized spacial score (nSPS) is 29.0. The number of phenols is 1. The molecule has 2 aliphatic rings. The third kappa shape index (κ3) is 2.05. The first kappa shape index (κ1) is 11.1. The highest BCUT2D eigenvalue weighted by molar-refractivity contribution is 5.31. The third-order valence-electron chi connectivity index (χ3n) is 4.29. The van der Waals surface area contributed by atoms with Crippen LogP contribution in [0.25, 0.3) is 0 Å². The number of likely N-dealkylation sites (N-methyl/N-ethyl adjacent to an activating group) is 1. The first-order valence-electron chi connectivity index (χ1n) is 6.45. The number of phenolic OH excluding ortho intramolecular Hbond substituents is 1. The van der Waals surface area contributed by atoms with Gasteiger partial charge >= 0.3 is 0 Å². The van der Waals surface area contributed by atoms with Gasteiger partial charge < -0.3 is 10.0 Å². The molecule has 0 amide bonds. The minimum Gasteiger partial charge on any atom is -0.508 e. The first-order chi connectivity index (χ1) is 8.24. The minimum absolute atomic E-state index is 0.439. The Morgan fingerprint density at radius 3 is 2.71 bits per heavy atom. The Bertz CT molecular complexity index is 405. The fourth-order valence-corrected chi connectivity index (χ4v) is 3.21. The summed E-state index contributed by atoms with van der Waals surface area (Å²) in [6, 6.07) is 9.19. The number of benzene rings is 1. The monoisotopic (exact) mass is 232 g/mol. The molecule has 2 unspecified atom stereocenters. The lowest BCUT2D eigenvalue weighted by Gasteiger charge is -2.31. The maximum Gasteiger partial charge on any atom is 0.118 e. The number of likely N-dealkylation sites (tertiary alicyclic amines) is 2. The van der Waals surface area contributed by atoms with Crippen LogP contribution in [0.4, 0.5) is 0 Å². The average Bonchev–Trinajstić information content (AvgIpc) is 2.86. The van der Waals surface area contributed by atoms with Crippen LogP contribution in [-0.2, 0) is 6.42 Å². The van der Waals surface area contributed by atoms with Crippen molar-refractivity contribution in [3.63, 3.8) is 0 Å². The zero-order chi connectivity index (χ0) is 11.8.